The number of hydrogen-bond acceptors (Lipinski definition) is 5. The Kier molecular flexibility index (Phi) is 46.5. The fourth-order valence-corrected chi connectivity index (χ4v) is 6.53. The highest BCUT2D eigenvalue weighted by Gasteiger charge is 2.17. The van der Waals surface area contributed by atoms with Gasteiger partial charge in [-0.25, -0.2) is 0 Å². The van der Waals surface area contributed by atoms with Crippen LogP contribution in [0.25, 0.3) is 0 Å². The van der Waals surface area contributed by atoms with Crippen molar-refractivity contribution in [2.45, 2.75) is 232 Å². The highest BCUT2D eigenvalue weighted by molar-refractivity contribution is 5.70. The van der Waals surface area contributed by atoms with E-state index in [1.807, 2.05) is 0 Å². The molecule has 0 aromatic carbocycles. The highest BCUT2D eigenvalue weighted by Crippen LogP contribution is 2.13. The summed E-state index contributed by atoms with van der Waals surface area (Å²) in [6.45, 7) is 7.61. The highest BCUT2D eigenvalue weighted by atomic mass is 16.6. The number of ether oxygens (including phenoxy) is 3. The van der Waals surface area contributed by atoms with Crippen LogP contribution in [0.5, 0.6) is 0 Å². The molecule has 0 fully saturated rings. The minimum absolute atomic E-state index is 0.0661. The van der Waals surface area contributed by atoms with Gasteiger partial charge in [0, 0.05) is 19.4 Å². The van der Waals surface area contributed by atoms with Crippen molar-refractivity contribution < 1.29 is 23.8 Å². The van der Waals surface area contributed by atoms with Crippen LogP contribution < -0.4 is 0 Å². The van der Waals surface area contributed by atoms with E-state index in [0.717, 1.165) is 89.9 Å². The third-order valence-electron chi connectivity index (χ3n) is 10.2. The molecule has 0 amide bonds. The van der Waals surface area contributed by atoms with Crippen LogP contribution in [-0.2, 0) is 23.8 Å². The van der Waals surface area contributed by atoms with Gasteiger partial charge in [-0.3, -0.25) is 9.59 Å². The third-order valence-corrected chi connectivity index (χ3v) is 10.2. The molecule has 0 N–H and O–H groups in total. The van der Waals surface area contributed by atoms with Gasteiger partial charge < -0.3 is 14.2 Å². The van der Waals surface area contributed by atoms with E-state index in [-0.39, 0.29) is 25.2 Å². The van der Waals surface area contributed by atoms with Crippen LogP contribution >= 0.6 is 0 Å². The van der Waals surface area contributed by atoms with Crippen LogP contribution in [0.1, 0.15) is 226 Å². The van der Waals surface area contributed by atoms with Gasteiger partial charge in [-0.15, -0.1) is 0 Å². The van der Waals surface area contributed by atoms with Gasteiger partial charge >= 0.3 is 11.9 Å². The Morgan fingerprint density at radius 2 is 0.793 bits per heavy atom. The second-order valence-corrected chi connectivity index (χ2v) is 16.0. The van der Waals surface area contributed by atoms with Gasteiger partial charge in [-0.1, -0.05) is 184 Å². The number of esters is 2. The standard InChI is InChI=1S/C53H92O5/c1-4-7-10-13-16-19-22-25-27-29-31-34-37-40-43-46-52(54)57-50-51(49-56-48-45-42-39-36-33-24-21-18-15-12-9-6-3)58-53(55)47-44-41-38-35-32-30-28-26-23-20-17-14-11-8-5-2/h7,10,15-20,25-28,51H,4-6,8-9,11-14,21-24,29-50H2,1-3H3/b10-7-,18-15-,19-16-,20-17-,27-25-,28-26-. The third kappa shape index (κ3) is 46.0. The summed E-state index contributed by atoms with van der Waals surface area (Å²) in [6, 6.07) is 0. The van der Waals surface area contributed by atoms with Crippen LogP contribution in [-0.4, -0.2) is 37.9 Å². The Hall–Kier alpha value is -2.66. The molecule has 0 rings (SSSR count). The summed E-state index contributed by atoms with van der Waals surface area (Å²) in [7, 11) is 0. The summed E-state index contributed by atoms with van der Waals surface area (Å²) < 4.78 is 17.3. The van der Waals surface area contributed by atoms with E-state index in [1.54, 1.807) is 0 Å². The first-order chi connectivity index (χ1) is 28.6. The Morgan fingerprint density at radius 1 is 0.397 bits per heavy atom. The summed E-state index contributed by atoms with van der Waals surface area (Å²) in [5.74, 6) is -0.436. The van der Waals surface area contributed by atoms with Crippen molar-refractivity contribution in [1.82, 2.24) is 0 Å². The van der Waals surface area contributed by atoms with Crippen molar-refractivity contribution in [2.75, 3.05) is 19.8 Å². The second-order valence-electron chi connectivity index (χ2n) is 16.0. The average Bonchev–Trinajstić information content (AvgIpc) is 3.22. The van der Waals surface area contributed by atoms with E-state index in [4.69, 9.17) is 14.2 Å². The molecule has 0 bridgehead atoms. The topological polar surface area (TPSA) is 61.8 Å². The monoisotopic (exact) mass is 809 g/mol. The number of unbranched alkanes of at least 4 members (excludes halogenated alkanes) is 21. The van der Waals surface area contributed by atoms with Gasteiger partial charge in [0.05, 0.1) is 6.61 Å². The molecule has 0 aromatic heterocycles. The quantitative estimate of drug-likeness (QED) is 0.0348. The summed E-state index contributed by atoms with van der Waals surface area (Å²) in [5.41, 5.74) is 0. The molecular formula is C53H92O5. The van der Waals surface area contributed by atoms with Gasteiger partial charge in [0.25, 0.3) is 0 Å². The van der Waals surface area contributed by atoms with Gasteiger partial charge in [-0.05, 0) is 103 Å². The first kappa shape index (κ1) is 55.3. The zero-order valence-corrected chi connectivity index (χ0v) is 38.3. The first-order valence-electron chi connectivity index (χ1n) is 24.5. The van der Waals surface area contributed by atoms with Crippen LogP contribution in [0.15, 0.2) is 72.9 Å². The largest absolute Gasteiger partial charge is 0.462 e. The molecule has 1 atom stereocenters. The van der Waals surface area contributed by atoms with Gasteiger partial charge in [0.2, 0.25) is 0 Å². The predicted molar refractivity (Wildman–Crippen MR) is 251 cm³/mol. The smallest absolute Gasteiger partial charge is 0.306 e. The Balaban J connectivity index is 4.32. The molecule has 0 aliphatic carbocycles. The summed E-state index contributed by atoms with van der Waals surface area (Å²) in [6.07, 6.45) is 61.8. The summed E-state index contributed by atoms with van der Waals surface area (Å²) >= 11 is 0. The van der Waals surface area contributed by atoms with Crippen LogP contribution in [0.2, 0.25) is 0 Å². The van der Waals surface area contributed by atoms with Crippen molar-refractivity contribution in [3.05, 3.63) is 72.9 Å². The molecule has 0 spiro atoms. The van der Waals surface area contributed by atoms with Crippen molar-refractivity contribution in [3.63, 3.8) is 0 Å². The van der Waals surface area contributed by atoms with E-state index >= 15 is 0 Å². The van der Waals surface area contributed by atoms with E-state index in [2.05, 4.69) is 93.7 Å². The van der Waals surface area contributed by atoms with Crippen molar-refractivity contribution in [1.29, 1.82) is 0 Å². The lowest BCUT2D eigenvalue weighted by molar-refractivity contribution is -0.163. The minimum atomic E-state index is -0.554. The Morgan fingerprint density at radius 3 is 1.31 bits per heavy atom. The van der Waals surface area contributed by atoms with Crippen molar-refractivity contribution in [3.8, 4) is 0 Å². The maximum Gasteiger partial charge on any atom is 0.306 e. The van der Waals surface area contributed by atoms with Crippen molar-refractivity contribution in [2.24, 2.45) is 0 Å². The molecule has 0 aromatic rings. The van der Waals surface area contributed by atoms with Gasteiger partial charge in [0.15, 0.2) is 6.10 Å². The van der Waals surface area contributed by atoms with Crippen LogP contribution in [0.3, 0.4) is 0 Å². The lowest BCUT2D eigenvalue weighted by atomic mass is 10.1. The lowest BCUT2D eigenvalue weighted by Gasteiger charge is -2.18. The molecule has 0 saturated carbocycles. The number of rotatable bonds is 44. The molecule has 0 heterocycles. The van der Waals surface area contributed by atoms with Gasteiger partial charge in [0.1, 0.15) is 6.61 Å². The van der Waals surface area contributed by atoms with E-state index in [9.17, 15) is 9.59 Å². The van der Waals surface area contributed by atoms with Crippen LogP contribution in [0.4, 0.5) is 0 Å². The minimum Gasteiger partial charge on any atom is -0.462 e. The second kappa shape index (κ2) is 48.7. The number of carbonyl (C=O) groups excluding carboxylic acids is 2. The Labute approximate surface area is 359 Å². The molecule has 334 valence electrons. The molecule has 0 saturated heterocycles. The predicted octanol–water partition coefficient (Wildman–Crippen LogP) is 16.3. The maximum atomic E-state index is 12.8. The van der Waals surface area contributed by atoms with Crippen molar-refractivity contribution >= 4 is 11.9 Å². The molecule has 1 unspecified atom stereocenters. The molecule has 5 heteroatoms. The SMILES string of the molecule is CC/C=C\C/C=C\C/C=C\CCCCCCCC(=O)OCC(COCCCCCCCC/C=C\CCCC)OC(=O)CCCCCCC/C=C\C/C=C\CCCCC. The molecule has 0 aliphatic heterocycles. The normalized spacial score (nSPS) is 12.8. The molecule has 0 aliphatic rings. The zero-order chi connectivity index (χ0) is 42.1. The molecule has 58 heavy (non-hydrogen) atoms. The maximum absolute atomic E-state index is 12.8. The van der Waals surface area contributed by atoms with E-state index in [1.165, 1.54) is 103 Å². The number of allylic oxidation sites excluding steroid dienone is 12. The van der Waals surface area contributed by atoms with Crippen LogP contribution in [0, 0.1) is 0 Å². The fourth-order valence-electron chi connectivity index (χ4n) is 6.53. The molecule has 5 nitrogen and oxygen atoms in total. The first-order valence-corrected chi connectivity index (χ1v) is 24.5. The Bertz CT molecular complexity index is 1050. The van der Waals surface area contributed by atoms with E-state index in [0.29, 0.717) is 19.4 Å². The lowest BCUT2D eigenvalue weighted by Crippen LogP contribution is -2.30. The summed E-state index contributed by atoms with van der Waals surface area (Å²) in [4.78, 5) is 25.3. The number of hydrogen-bond donors (Lipinski definition) is 0. The summed E-state index contributed by atoms with van der Waals surface area (Å²) in [5, 5.41) is 0. The molecule has 0 radical (unpaired) electrons. The number of carbonyl (C=O) groups is 2. The van der Waals surface area contributed by atoms with E-state index < -0.39 is 6.10 Å². The molecular weight excluding hydrogens is 717 g/mol. The van der Waals surface area contributed by atoms with Gasteiger partial charge in [-0.2, -0.15) is 0 Å². The average molecular weight is 809 g/mol. The zero-order valence-electron chi connectivity index (χ0n) is 38.3. The fraction of sp³-hybridized carbons (Fsp3) is 0.736.